The largest absolute Gasteiger partial charge is 0.394 e. The maximum absolute atomic E-state index is 13.5. The van der Waals surface area contributed by atoms with Crippen molar-refractivity contribution < 1.29 is 89.4 Å². The number of unbranched alkanes of at least 4 members (excludes halogenated alkanes) is 27. The van der Waals surface area contributed by atoms with Gasteiger partial charge < -0.3 is 89.9 Å². The first-order valence-electron chi connectivity index (χ1n) is 40.9. The van der Waals surface area contributed by atoms with Crippen LogP contribution in [0.3, 0.4) is 0 Å². The highest BCUT2D eigenvalue weighted by atomic mass is 16.8. The molecule has 0 bridgehead atoms. The molecule has 0 saturated carbocycles. The fourth-order valence-electron chi connectivity index (χ4n) is 12.9. The van der Waals surface area contributed by atoms with Crippen molar-refractivity contribution in [2.45, 2.75) is 375 Å². The average molecular weight is 1480 g/mol. The quantitative estimate of drug-likeness (QED) is 0.0199. The van der Waals surface area contributed by atoms with E-state index in [9.17, 15) is 61.0 Å². The molecule has 0 aromatic carbocycles. The highest BCUT2D eigenvalue weighted by molar-refractivity contribution is 5.76. The number of carbonyl (C=O) groups is 1. The summed E-state index contributed by atoms with van der Waals surface area (Å²) < 4.78 is 34.4. The van der Waals surface area contributed by atoms with E-state index in [1.165, 1.54) is 128 Å². The van der Waals surface area contributed by atoms with E-state index in [1.54, 1.807) is 6.08 Å². The Hall–Kier alpha value is -4.07. The Kier molecular flexibility index (Phi) is 58.6. The van der Waals surface area contributed by atoms with Gasteiger partial charge in [0.05, 0.1) is 38.6 Å². The molecular formula is C86H145NO18. The van der Waals surface area contributed by atoms with Crippen LogP contribution in [0.2, 0.25) is 0 Å². The molecule has 0 aromatic heterocycles. The molecule has 3 rings (SSSR count). The summed E-state index contributed by atoms with van der Waals surface area (Å²) in [7, 11) is 0. The lowest BCUT2D eigenvalue weighted by atomic mass is 9.96. The highest BCUT2D eigenvalue weighted by Gasteiger charge is 2.54. The molecule has 3 heterocycles. The smallest absolute Gasteiger partial charge is 0.220 e. The van der Waals surface area contributed by atoms with E-state index in [1.807, 2.05) is 6.08 Å². The minimum atomic E-state index is -1.99. The molecule has 3 aliphatic heterocycles. The van der Waals surface area contributed by atoms with Gasteiger partial charge in [0.25, 0.3) is 0 Å². The Labute approximate surface area is 632 Å². The molecule has 3 saturated heterocycles. The zero-order chi connectivity index (χ0) is 76.0. The summed E-state index contributed by atoms with van der Waals surface area (Å²) in [4.78, 5) is 13.5. The molecule has 17 atom stereocenters. The van der Waals surface area contributed by atoms with Gasteiger partial charge in [-0.3, -0.25) is 4.79 Å². The number of aliphatic hydroxyl groups is 11. The van der Waals surface area contributed by atoms with E-state index in [0.717, 1.165) is 116 Å². The molecule has 0 radical (unpaired) electrons. The number of carbonyl (C=O) groups excluding carboxylic acids is 1. The van der Waals surface area contributed by atoms with Gasteiger partial charge in [-0.05, 0) is 96.3 Å². The molecule has 0 aliphatic carbocycles. The molecule has 17 unspecified atom stereocenters. The van der Waals surface area contributed by atoms with E-state index < -0.39 is 124 Å². The molecule has 19 heteroatoms. The molecule has 19 nitrogen and oxygen atoms in total. The van der Waals surface area contributed by atoms with E-state index in [4.69, 9.17) is 28.4 Å². The van der Waals surface area contributed by atoms with E-state index >= 15 is 0 Å². The number of hydrogen-bond acceptors (Lipinski definition) is 18. The second-order valence-electron chi connectivity index (χ2n) is 28.5. The van der Waals surface area contributed by atoms with Gasteiger partial charge in [-0.25, -0.2) is 0 Å². The van der Waals surface area contributed by atoms with Crippen LogP contribution in [0.25, 0.3) is 0 Å². The third-order valence-corrected chi connectivity index (χ3v) is 19.5. The van der Waals surface area contributed by atoms with Crippen LogP contribution in [0.1, 0.15) is 271 Å². The van der Waals surface area contributed by atoms with Crippen LogP contribution in [0.15, 0.2) is 134 Å². The summed E-state index contributed by atoms with van der Waals surface area (Å²) >= 11 is 0. The lowest BCUT2D eigenvalue weighted by Gasteiger charge is -2.48. The summed E-state index contributed by atoms with van der Waals surface area (Å²) in [5.41, 5.74) is 0. The fraction of sp³-hybridized carbons (Fsp3) is 0.733. The number of rotatable bonds is 63. The molecule has 602 valence electrons. The normalized spacial score (nSPS) is 26.5. The first-order chi connectivity index (χ1) is 51.3. The van der Waals surface area contributed by atoms with Crippen molar-refractivity contribution in [2.75, 3.05) is 26.4 Å². The van der Waals surface area contributed by atoms with Crippen LogP contribution in [0, 0.1) is 0 Å². The summed E-state index contributed by atoms with van der Waals surface area (Å²) in [6.45, 7) is 1.61. The summed E-state index contributed by atoms with van der Waals surface area (Å²) in [6, 6.07) is -0.999. The number of aliphatic hydroxyl groups excluding tert-OH is 11. The Bertz CT molecular complexity index is 2420. The number of nitrogens with one attached hydrogen (secondary N) is 1. The Morgan fingerprint density at radius 3 is 1.03 bits per heavy atom. The first kappa shape index (κ1) is 95.1. The van der Waals surface area contributed by atoms with Gasteiger partial charge >= 0.3 is 0 Å². The van der Waals surface area contributed by atoms with Gasteiger partial charge in [0.1, 0.15) is 73.2 Å². The Morgan fingerprint density at radius 1 is 0.352 bits per heavy atom. The maximum Gasteiger partial charge on any atom is 0.220 e. The minimum absolute atomic E-state index is 0.205. The van der Waals surface area contributed by atoms with E-state index in [2.05, 4.69) is 141 Å². The van der Waals surface area contributed by atoms with Crippen molar-refractivity contribution >= 4 is 5.91 Å². The van der Waals surface area contributed by atoms with Gasteiger partial charge in [0, 0.05) is 6.42 Å². The predicted molar refractivity (Wildman–Crippen MR) is 419 cm³/mol. The lowest BCUT2D eigenvalue weighted by Crippen LogP contribution is -2.66. The van der Waals surface area contributed by atoms with Crippen molar-refractivity contribution in [2.24, 2.45) is 0 Å². The van der Waals surface area contributed by atoms with Gasteiger partial charge in [-0.1, -0.05) is 302 Å². The van der Waals surface area contributed by atoms with E-state index in [-0.39, 0.29) is 18.9 Å². The standard InChI is InChI=1S/C86H145NO18/c1-3-5-7-9-11-13-15-17-19-21-23-25-27-29-30-31-32-33-34-35-36-37-38-40-42-44-46-48-50-52-54-56-58-60-62-64-74(92)87-69(70(91)63-61-59-57-55-53-51-49-47-45-43-41-39-28-26-24-22-20-18-16-14-12-10-8-6-4-2)68-100-84-80(98)77(95)82(72(66-89)102-84)105-86-81(99)78(96)83(73(67-90)103-86)104-85-79(97)76(94)75(93)71(65-88)101-85/h5,7,11,13,17,19,23,25,29-30,32-33,35-36,38,40,44,46,50,52,61,63,69-73,75-86,88-91,93-99H,3-4,6,8-10,12,14-16,18,20-22,24,26-28,31,34,37,39,41-43,45,47-49,51,53-60,62,64-68H2,1-2H3,(H,87,92)/b7-5-,13-11-,19-17-,25-23-,30-29-,33-32-,36-35-,40-38-,46-44-,52-50-,63-61+. The lowest BCUT2D eigenvalue weighted by molar-refractivity contribution is -0.379. The third kappa shape index (κ3) is 44.4. The first-order valence-corrected chi connectivity index (χ1v) is 40.9. The van der Waals surface area contributed by atoms with Crippen LogP contribution in [-0.4, -0.2) is 193 Å². The molecular weight excluding hydrogens is 1330 g/mol. The second-order valence-corrected chi connectivity index (χ2v) is 28.5. The van der Waals surface area contributed by atoms with Crippen LogP contribution < -0.4 is 5.32 Å². The molecule has 105 heavy (non-hydrogen) atoms. The van der Waals surface area contributed by atoms with Crippen molar-refractivity contribution in [3.05, 3.63) is 134 Å². The average Bonchev–Trinajstić information content (AvgIpc) is 0.781. The van der Waals surface area contributed by atoms with Crippen LogP contribution in [0.5, 0.6) is 0 Å². The SMILES string of the molecule is CC/C=C\C/C=C\C/C=C\C/C=C\C/C=C\C/C=C\C/C=C\C/C=C\C/C=C\C/C=C\CCCCCCC(=O)NC(COC1OC(CO)C(OC2OC(CO)C(OC3OC(CO)C(O)C(O)C3O)C(O)C2O)C(O)C1O)C(O)/C=C/CCCCCCCCCCCCCCCCCCCCCCCCC. The van der Waals surface area contributed by atoms with Gasteiger partial charge in [-0.2, -0.15) is 0 Å². The Balaban J connectivity index is 1.39. The monoisotopic (exact) mass is 1480 g/mol. The van der Waals surface area contributed by atoms with Gasteiger partial charge in [0.15, 0.2) is 18.9 Å². The summed E-state index contributed by atoms with van der Waals surface area (Å²) in [5, 5.41) is 121. The minimum Gasteiger partial charge on any atom is -0.394 e. The zero-order valence-electron chi connectivity index (χ0n) is 64.4. The zero-order valence-corrected chi connectivity index (χ0v) is 64.4. The molecule has 0 spiro atoms. The molecule has 1 amide bonds. The van der Waals surface area contributed by atoms with Crippen molar-refractivity contribution in [1.29, 1.82) is 0 Å². The molecule has 3 aliphatic rings. The summed E-state index contributed by atoms with van der Waals surface area (Å²) in [5.74, 6) is -0.303. The van der Waals surface area contributed by atoms with Crippen LogP contribution in [-0.2, 0) is 33.2 Å². The highest BCUT2D eigenvalue weighted by Crippen LogP contribution is 2.33. The number of hydrogen-bond donors (Lipinski definition) is 12. The van der Waals surface area contributed by atoms with Gasteiger partial charge in [-0.15, -0.1) is 0 Å². The topological polar surface area (TPSA) is 307 Å². The second kappa shape index (κ2) is 64.7. The van der Waals surface area contributed by atoms with Crippen molar-refractivity contribution in [3.63, 3.8) is 0 Å². The number of ether oxygens (including phenoxy) is 6. The third-order valence-electron chi connectivity index (χ3n) is 19.5. The summed E-state index contributed by atoms with van der Waals surface area (Å²) in [6.07, 6.45) is 65.7. The van der Waals surface area contributed by atoms with Crippen LogP contribution in [0.4, 0.5) is 0 Å². The fourth-order valence-corrected chi connectivity index (χ4v) is 12.9. The van der Waals surface area contributed by atoms with E-state index in [0.29, 0.717) is 6.42 Å². The Morgan fingerprint density at radius 2 is 0.657 bits per heavy atom. The molecule has 12 N–H and O–H groups in total. The number of amides is 1. The molecule has 0 aromatic rings. The number of allylic oxidation sites excluding steroid dienone is 21. The van der Waals surface area contributed by atoms with Crippen molar-refractivity contribution in [3.8, 4) is 0 Å². The maximum atomic E-state index is 13.5. The predicted octanol–water partition coefficient (Wildman–Crippen LogP) is 14.1. The van der Waals surface area contributed by atoms with Gasteiger partial charge in [0.2, 0.25) is 5.91 Å². The molecule has 3 fully saturated rings. The van der Waals surface area contributed by atoms with Crippen molar-refractivity contribution in [1.82, 2.24) is 5.32 Å². The van der Waals surface area contributed by atoms with Crippen LogP contribution >= 0.6 is 0 Å².